The van der Waals surface area contributed by atoms with Gasteiger partial charge >= 0.3 is 0 Å². The first kappa shape index (κ1) is 18.2. The fraction of sp³-hybridized carbons (Fsp3) is 0.143. The normalized spacial score (nSPS) is 12.2. The van der Waals surface area contributed by atoms with Crippen LogP contribution in [0.5, 0.6) is 0 Å². The van der Waals surface area contributed by atoms with Gasteiger partial charge in [0, 0.05) is 24.0 Å². The van der Waals surface area contributed by atoms with Crippen LogP contribution in [0.25, 0.3) is 10.9 Å². The van der Waals surface area contributed by atoms with Gasteiger partial charge in [0.05, 0.1) is 28.0 Å². The van der Waals surface area contributed by atoms with Crippen LogP contribution in [0.3, 0.4) is 0 Å². The van der Waals surface area contributed by atoms with E-state index in [1.54, 1.807) is 0 Å². The lowest BCUT2D eigenvalue weighted by Crippen LogP contribution is -2.13. The third-order valence-electron chi connectivity index (χ3n) is 3.44. The van der Waals surface area contributed by atoms with Gasteiger partial charge in [0.2, 0.25) is 0 Å². The van der Waals surface area contributed by atoms with Gasteiger partial charge in [-0.3, -0.25) is 9.40 Å². The molecule has 0 radical (unpaired) electrons. The fourth-order valence-electron chi connectivity index (χ4n) is 2.38. The zero-order chi connectivity index (χ0) is 19.1. The van der Waals surface area contributed by atoms with E-state index in [1.807, 2.05) is 6.07 Å². The van der Waals surface area contributed by atoms with Crippen LogP contribution in [0.15, 0.2) is 35.6 Å². The number of hydrogen-bond acceptors (Lipinski definition) is 6. The van der Waals surface area contributed by atoms with E-state index >= 15 is 0 Å². The smallest absolute Gasteiger partial charge is 0.265 e. The molecule has 26 heavy (non-hydrogen) atoms. The molecule has 2 N–H and O–H groups in total. The largest absolute Gasteiger partial charge is 0.358 e. The minimum atomic E-state index is -4.02. The Labute approximate surface area is 154 Å². The van der Waals surface area contributed by atoms with E-state index in [4.69, 9.17) is 16.9 Å². The number of sulfonamides is 1. The molecule has 0 unspecified atom stereocenters. The average molecular weight is 414 g/mol. The molecule has 0 spiro atoms. The molecule has 0 aliphatic carbocycles. The van der Waals surface area contributed by atoms with Crippen molar-refractivity contribution in [1.82, 2.24) is 14.8 Å². The fourth-order valence-corrected chi connectivity index (χ4v) is 4.28. The molecule has 0 saturated heterocycles. The molecule has 3 rings (SSSR count). The molecule has 1 aromatic carbocycles. The lowest BCUT2D eigenvalue weighted by atomic mass is 10.1. The highest BCUT2D eigenvalue weighted by molar-refractivity contribution is 7.92. The van der Waals surface area contributed by atoms with Gasteiger partial charge < -0.3 is 4.98 Å². The summed E-state index contributed by atoms with van der Waals surface area (Å²) in [5.41, 5.74) is 0.843. The summed E-state index contributed by atoms with van der Waals surface area (Å²) in [6, 6.07) is 4.91. The zero-order valence-electron chi connectivity index (χ0n) is 13.3. The number of nitriles is 1. The second kappa shape index (κ2) is 6.31. The van der Waals surface area contributed by atoms with Crippen LogP contribution in [0.1, 0.15) is 5.56 Å². The standard InChI is InChI=1S/C14H12ClN5O4S2/c1-25(21,22)8-20-7-10(6-18-20)26(23,24)19-12-3-2-11(15)13-9(4-16)5-17-14(12)13/h2-3,5-7,17,19H,8H2,1H3. The molecule has 0 saturated carbocycles. The molecular formula is C14H12ClN5O4S2. The summed E-state index contributed by atoms with van der Waals surface area (Å²) in [6.45, 7) is 0. The minimum Gasteiger partial charge on any atom is -0.358 e. The number of fused-ring (bicyclic) bond motifs is 1. The number of nitrogens with one attached hydrogen (secondary N) is 2. The lowest BCUT2D eigenvalue weighted by molar-refractivity contribution is 0.580. The Morgan fingerprint density at radius 3 is 2.73 bits per heavy atom. The van der Waals surface area contributed by atoms with Crippen molar-refractivity contribution in [2.75, 3.05) is 11.0 Å². The Morgan fingerprint density at radius 2 is 2.08 bits per heavy atom. The highest BCUT2D eigenvalue weighted by Crippen LogP contribution is 2.32. The van der Waals surface area contributed by atoms with Crippen molar-refractivity contribution < 1.29 is 16.8 Å². The molecule has 0 bridgehead atoms. The third-order valence-corrected chi connectivity index (χ3v) is 5.80. The summed E-state index contributed by atoms with van der Waals surface area (Å²) < 4.78 is 51.1. The highest BCUT2D eigenvalue weighted by Gasteiger charge is 2.20. The van der Waals surface area contributed by atoms with Crippen molar-refractivity contribution in [2.24, 2.45) is 0 Å². The van der Waals surface area contributed by atoms with E-state index in [9.17, 15) is 16.8 Å². The average Bonchev–Trinajstić information content (AvgIpc) is 3.15. The molecule has 0 fully saturated rings. The number of nitrogens with zero attached hydrogens (tertiary/aromatic N) is 3. The van der Waals surface area contributed by atoms with Gasteiger partial charge in [0.1, 0.15) is 16.8 Å². The maximum atomic E-state index is 12.6. The van der Waals surface area contributed by atoms with Crippen molar-refractivity contribution in [3.63, 3.8) is 0 Å². The Balaban J connectivity index is 1.99. The van der Waals surface area contributed by atoms with E-state index < -0.39 is 25.7 Å². The van der Waals surface area contributed by atoms with Crippen molar-refractivity contribution >= 4 is 48.1 Å². The van der Waals surface area contributed by atoms with Gasteiger partial charge in [-0.25, -0.2) is 16.8 Å². The number of H-pyrrole nitrogens is 1. The first-order valence-corrected chi connectivity index (χ1v) is 11.0. The summed E-state index contributed by atoms with van der Waals surface area (Å²) >= 11 is 6.09. The quantitative estimate of drug-likeness (QED) is 0.652. The summed E-state index contributed by atoms with van der Waals surface area (Å²) in [7, 11) is -7.39. The maximum Gasteiger partial charge on any atom is 0.265 e. The zero-order valence-corrected chi connectivity index (χ0v) is 15.7. The van der Waals surface area contributed by atoms with Crippen LogP contribution >= 0.6 is 11.6 Å². The predicted octanol–water partition coefficient (Wildman–Crippen LogP) is 1.69. The van der Waals surface area contributed by atoms with Gasteiger partial charge in [-0.1, -0.05) is 11.6 Å². The molecule has 136 valence electrons. The van der Waals surface area contributed by atoms with Crippen LogP contribution in [0, 0.1) is 11.3 Å². The van der Waals surface area contributed by atoms with Crippen molar-refractivity contribution in [3.05, 3.63) is 41.3 Å². The number of halogens is 1. The number of anilines is 1. The van der Waals surface area contributed by atoms with Crippen molar-refractivity contribution in [3.8, 4) is 6.07 Å². The molecule has 0 aliphatic rings. The second-order valence-corrected chi connectivity index (χ2v) is 9.73. The van der Waals surface area contributed by atoms with Gasteiger partial charge in [-0.15, -0.1) is 0 Å². The highest BCUT2D eigenvalue weighted by atomic mass is 35.5. The summed E-state index contributed by atoms with van der Waals surface area (Å²) in [5, 5.41) is 13.6. The predicted molar refractivity (Wildman–Crippen MR) is 95.9 cm³/mol. The Morgan fingerprint density at radius 1 is 1.35 bits per heavy atom. The number of aromatic nitrogens is 3. The van der Waals surface area contributed by atoms with E-state index in [-0.39, 0.29) is 16.1 Å². The molecule has 2 heterocycles. The number of aromatic amines is 1. The SMILES string of the molecule is CS(=O)(=O)Cn1cc(S(=O)(=O)Nc2ccc(Cl)c3c(C#N)c[nH]c23)cn1. The van der Waals surface area contributed by atoms with E-state index in [1.165, 1.54) is 18.3 Å². The molecule has 0 atom stereocenters. The van der Waals surface area contributed by atoms with Crippen LogP contribution in [-0.4, -0.2) is 37.9 Å². The Hall–Kier alpha value is -2.55. The van der Waals surface area contributed by atoms with Crippen LogP contribution < -0.4 is 4.72 Å². The molecular weight excluding hydrogens is 402 g/mol. The van der Waals surface area contributed by atoms with Crippen LogP contribution in [0.4, 0.5) is 5.69 Å². The third kappa shape index (κ3) is 3.52. The summed E-state index contributed by atoms with van der Waals surface area (Å²) in [4.78, 5) is 2.63. The molecule has 12 heteroatoms. The van der Waals surface area contributed by atoms with Gasteiger partial charge in [-0.2, -0.15) is 10.4 Å². The topological polar surface area (TPSA) is 138 Å². The number of sulfone groups is 1. The lowest BCUT2D eigenvalue weighted by Gasteiger charge is -2.08. The second-order valence-electron chi connectivity index (χ2n) is 5.53. The summed E-state index contributed by atoms with van der Waals surface area (Å²) in [5.74, 6) is -0.435. The number of hydrogen-bond donors (Lipinski definition) is 2. The van der Waals surface area contributed by atoms with Gasteiger partial charge in [0.25, 0.3) is 10.0 Å². The first-order chi connectivity index (χ1) is 12.1. The van der Waals surface area contributed by atoms with Crippen molar-refractivity contribution in [1.29, 1.82) is 5.26 Å². The van der Waals surface area contributed by atoms with E-state index in [0.29, 0.717) is 15.9 Å². The Kier molecular flexibility index (Phi) is 4.43. The van der Waals surface area contributed by atoms with Crippen LogP contribution in [0.2, 0.25) is 5.02 Å². The molecule has 0 aliphatic heterocycles. The maximum absolute atomic E-state index is 12.6. The van der Waals surface area contributed by atoms with Gasteiger partial charge in [0.15, 0.2) is 9.84 Å². The van der Waals surface area contributed by atoms with Gasteiger partial charge in [-0.05, 0) is 12.1 Å². The summed E-state index contributed by atoms with van der Waals surface area (Å²) in [6.07, 6.45) is 4.62. The molecule has 9 nitrogen and oxygen atoms in total. The van der Waals surface area contributed by atoms with Crippen molar-refractivity contribution in [2.45, 2.75) is 10.8 Å². The van der Waals surface area contributed by atoms with E-state index in [2.05, 4.69) is 14.8 Å². The van der Waals surface area contributed by atoms with Crippen LogP contribution in [-0.2, 0) is 25.7 Å². The Bertz CT molecular complexity index is 1250. The number of rotatable bonds is 5. The monoisotopic (exact) mass is 413 g/mol. The first-order valence-electron chi connectivity index (χ1n) is 7.03. The molecule has 2 aromatic heterocycles. The molecule has 3 aromatic rings. The number of benzene rings is 1. The minimum absolute atomic E-state index is 0.196. The van der Waals surface area contributed by atoms with E-state index in [0.717, 1.165) is 23.3 Å². The molecule has 0 amide bonds.